The molecular formula is C26H24FN7O3S. The Labute approximate surface area is 221 Å². The van der Waals surface area contributed by atoms with E-state index in [2.05, 4.69) is 32.3 Å². The fraction of sp³-hybridized carbons (Fsp3) is 0.192. The summed E-state index contributed by atoms with van der Waals surface area (Å²) in [7, 11) is 0. The molecule has 0 bridgehead atoms. The third kappa shape index (κ3) is 5.11. The van der Waals surface area contributed by atoms with Crippen molar-refractivity contribution in [3.63, 3.8) is 0 Å². The lowest BCUT2D eigenvalue weighted by atomic mass is 9.95. The fourth-order valence-electron chi connectivity index (χ4n) is 4.47. The highest BCUT2D eigenvalue weighted by Crippen LogP contribution is 2.32. The summed E-state index contributed by atoms with van der Waals surface area (Å²) in [6, 6.07) is 9.57. The lowest BCUT2D eigenvalue weighted by Gasteiger charge is -2.32. The first-order chi connectivity index (χ1) is 18.3. The second-order valence-electron chi connectivity index (χ2n) is 8.85. The van der Waals surface area contributed by atoms with Crippen molar-refractivity contribution >= 4 is 40.0 Å². The smallest absolute Gasteiger partial charge is 0.278 e. The van der Waals surface area contributed by atoms with Crippen LogP contribution in [0.15, 0.2) is 60.6 Å². The molecule has 194 valence electrons. The quantitative estimate of drug-likeness (QED) is 0.310. The van der Waals surface area contributed by atoms with E-state index < -0.39 is 11.8 Å². The maximum absolute atomic E-state index is 13.5. The van der Waals surface area contributed by atoms with Crippen molar-refractivity contribution in [2.45, 2.75) is 25.9 Å². The molecule has 1 atom stereocenters. The van der Waals surface area contributed by atoms with E-state index in [1.54, 1.807) is 45.4 Å². The number of carbonyl (C=O) groups excluding carboxylic acids is 3. The van der Waals surface area contributed by atoms with Gasteiger partial charge in [-0.3, -0.25) is 24.4 Å². The van der Waals surface area contributed by atoms with Gasteiger partial charge in [-0.05, 0) is 35.9 Å². The van der Waals surface area contributed by atoms with Gasteiger partial charge < -0.3 is 15.2 Å². The molecule has 38 heavy (non-hydrogen) atoms. The second-order valence-corrected chi connectivity index (χ2v) is 9.71. The number of fused-ring (bicyclic) bond motifs is 1. The number of nitrogens with one attached hydrogen (secondary N) is 3. The third-order valence-electron chi connectivity index (χ3n) is 6.14. The number of H-pyrrole nitrogens is 1. The number of aromatic nitrogens is 4. The van der Waals surface area contributed by atoms with Crippen molar-refractivity contribution in [1.82, 2.24) is 24.6 Å². The molecule has 0 radical (unpaired) electrons. The van der Waals surface area contributed by atoms with E-state index in [1.165, 1.54) is 12.1 Å². The topological polar surface area (TPSA) is 125 Å². The number of hydrogen-bond donors (Lipinski definition) is 3. The van der Waals surface area contributed by atoms with Crippen LogP contribution >= 0.6 is 11.3 Å². The Bertz CT molecular complexity index is 1510. The average Bonchev–Trinajstić information content (AvgIpc) is 3.66. The molecule has 0 fully saturated rings. The summed E-state index contributed by atoms with van der Waals surface area (Å²) in [5, 5.41) is 11.8. The lowest BCUT2D eigenvalue weighted by Crippen LogP contribution is -2.38. The number of benzene rings is 1. The van der Waals surface area contributed by atoms with Gasteiger partial charge in [-0.15, -0.1) is 11.3 Å². The molecule has 4 aromatic rings. The van der Waals surface area contributed by atoms with E-state index >= 15 is 0 Å². The van der Waals surface area contributed by atoms with Crippen molar-refractivity contribution in [2.75, 3.05) is 17.2 Å². The Morgan fingerprint density at radius 1 is 1.24 bits per heavy atom. The number of amides is 3. The molecule has 0 unspecified atom stereocenters. The van der Waals surface area contributed by atoms with Crippen molar-refractivity contribution < 1.29 is 18.8 Å². The number of halogens is 1. The molecule has 0 spiro atoms. The lowest BCUT2D eigenvalue weighted by molar-refractivity contribution is -0.111. The summed E-state index contributed by atoms with van der Waals surface area (Å²) in [4.78, 5) is 46.9. The molecule has 1 aromatic carbocycles. The summed E-state index contributed by atoms with van der Waals surface area (Å²) in [5.41, 5.74) is 2.93. The predicted octanol–water partition coefficient (Wildman–Crippen LogP) is 3.99. The van der Waals surface area contributed by atoms with Crippen LogP contribution in [0.2, 0.25) is 0 Å². The minimum absolute atomic E-state index is 0.118. The molecule has 3 amide bonds. The summed E-state index contributed by atoms with van der Waals surface area (Å²) < 4.78 is 15.2. The molecule has 1 aliphatic heterocycles. The van der Waals surface area contributed by atoms with Crippen LogP contribution in [0.25, 0.3) is 0 Å². The zero-order valence-electron chi connectivity index (χ0n) is 20.4. The molecule has 3 N–H and O–H groups in total. The van der Waals surface area contributed by atoms with Crippen molar-refractivity contribution in [1.29, 1.82) is 0 Å². The van der Waals surface area contributed by atoms with Gasteiger partial charge in [0, 0.05) is 35.3 Å². The second kappa shape index (κ2) is 10.4. The van der Waals surface area contributed by atoms with E-state index in [9.17, 15) is 18.8 Å². The minimum atomic E-state index is -0.489. The van der Waals surface area contributed by atoms with Crippen LogP contribution in [-0.4, -0.2) is 48.9 Å². The van der Waals surface area contributed by atoms with Crippen LogP contribution in [0.5, 0.6) is 0 Å². The number of carbonyl (C=O) groups is 3. The number of thiazole rings is 1. The Morgan fingerprint density at radius 3 is 2.74 bits per heavy atom. The van der Waals surface area contributed by atoms with Gasteiger partial charge in [0.2, 0.25) is 5.91 Å². The fourth-order valence-corrected chi connectivity index (χ4v) is 5.11. The summed E-state index contributed by atoms with van der Waals surface area (Å²) >= 11 is 1.15. The van der Waals surface area contributed by atoms with Crippen LogP contribution in [0, 0.1) is 5.82 Å². The predicted molar refractivity (Wildman–Crippen MR) is 141 cm³/mol. The first-order valence-corrected chi connectivity index (χ1v) is 12.7. The Hall–Kier alpha value is -4.58. The van der Waals surface area contributed by atoms with Crippen molar-refractivity contribution in [3.05, 3.63) is 94.7 Å². The van der Waals surface area contributed by atoms with Gasteiger partial charge in [0.05, 0.1) is 13.1 Å². The molecular weight excluding hydrogens is 509 g/mol. The molecule has 0 aliphatic carbocycles. The van der Waals surface area contributed by atoms with E-state index in [-0.39, 0.29) is 40.8 Å². The molecule has 4 heterocycles. The van der Waals surface area contributed by atoms with Crippen LogP contribution in [0.3, 0.4) is 0 Å². The van der Waals surface area contributed by atoms with E-state index in [4.69, 9.17) is 0 Å². The number of aromatic amines is 1. The molecule has 1 aliphatic rings. The highest BCUT2D eigenvalue weighted by Gasteiger charge is 2.34. The maximum Gasteiger partial charge on any atom is 0.278 e. The average molecular weight is 534 g/mol. The summed E-state index contributed by atoms with van der Waals surface area (Å²) in [6.07, 6.45) is 2.81. The number of anilines is 2. The first kappa shape index (κ1) is 25.1. The first-order valence-electron chi connectivity index (χ1n) is 11.8. The Morgan fingerprint density at radius 2 is 2.03 bits per heavy atom. The summed E-state index contributed by atoms with van der Waals surface area (Å²) in [6.45, 7) is 6.36. The monoisotopic (exact) mass is 533 g/mol. The molecule has 3 aromatic heterocycles. The zero-order chi connectivity index (χ0) is 26.8. The molecule has 0 saturated heterocycles. The highest BCUT2D eigenvalue weighted by atomic mass is 32.1. The van der Waals surface area contributed by atoms with Gasteiger partial charge in [0.25, 0.3) is 11.8 Å². The van der Waals surface area contributed by atoms with Gasteiger partial charge in [0.15, 0.2) is 10.8 Å². The zero-order valence-corrected chi connectivity index (χ0v) is 21.2. The van der Waals surface area contributed by atoms with Gasteiger partial charge >= 0.3 is 0 Å². The SMILES string of the molecule is C=CC(=O)Nc1csc(NC(=O)c2nn(Cc3ccc(F)cc3)c3c2CN(C(=O)c2ccc[nH]2)C[C@H]3C)n1. The van der Waals surface area contributed by atoms with E-state index in [0.717, 1.165) is 28.7 Å². The molecule has 0 saturated carbocycles. The van der Waals surface area contributed by atoms with Crippen LogP contribution < -0.4 is 10.6 Å². The van der Waals surface area contributed by atoms with E-state index in [0.29, 0.717) is 24.3 Å². The number of nitrogens with zero attached hydrogens (tertiary/aromatic N) is 4. The Balaban J connectivity index is 1.47. The van der Waals surface area contributed by atoms with Gasteiger partial charge in [-0.1, -0.05) is 25.6 Å². The van der Waals surface area contributed by atoms with Crippen LogP contribution in [-0.2, 0) is 17.9 Å². The largest absolute Gasteiger partial charge is 0.357 e. The van der Waals surface area contributed by atoms with E-state index in [1.807, 2.05) is 6.92 Å². The maximum atomic E-state index is 13.5. The van der Waals surface area contributed by atoms with Crippen LogP contribution in [0.1, 0.15) is 50.6 Å². The minimum Gasteiger partial charge on any atom is -0.357 e. The standard InChI is InChI=1S/C26H24FN7O3S/c1-3-21(35)29-20-14-38-26(30-20)31-24(36)22-18-13-33(25(37)19-5-4-10-28-19)11-15(2)23(18)34(32-22)12-16-6-8-17(27)9-7-16/h3-10,14-15,28H,1,11-13H2,2H3,(H,29,35)(H,30,31,36)/t15-/m1/s1. The highest BCUT2D eigenvalue weighted by molar-refractivity contribution is 7.14. The van der Waals surface area contributed by atoms with Crippen molar-refractivity contribution in [2.24, 2.45) is 0 Å². The molecule has 10 nitrogen and oxygen atoms in total. The number of hydrogen-bond acceptors (Lipinski definition) is 6. The number of rotatable bonds is 7. The molecule has 12 heteroatoms. The molecule has 5 rings (SSSR count). The van der Waals surface area contributed by atoms with Gasteiger partial charge in [-0.25, -0.2) is 9.37 Å². The van der Waals surface area contributed by atoms with Gasteiger partial charge in [0.1, 0.15) is 17.3 Å². The summed E-state index contributed by atoms with van der Waals surface area (Å²) in [5.74, 6) is -1.25. The Kier molecular flexibility index (Phi) is 6.88. The van der Waals surface area contributed by atoms with Crippen molar-refractivity contribution in [3.8, 4) is 0 Å². The van der Waals surface area contributed by atoms with Gasteiger partial charge in [-0.2, -0.15) is 5.10 Å². The third-order valence-corrected chi connectivity index (χ3v) is 6.90. The normalized spacial score (nSPS) is 14.6. The van der Waals surface area contributed by atoms with Crippen LogP contribution in [0.4, 0.5) is 15.3 Å².